The summed E-state index contributed by atoms with van der Waals surface area (Å²) in [5.41, 5.74) is 3.01. The lowest BCUT2D eigenvalue weighted by atomic mass is 10.1. The van der Waals surface area contributed by atoms with Crippen molar-refractivity contribution in [2.75, 3.05) is 30.8 Å². The van der Waals surface area contributed by atoms with E-state index in [9.17, 15) is 9.59 Å². The van der Waals surface area contributed by atoms with Crippen LogP contribution in [0.5, 0.6) is 5.75 Å². The van der Waals surface area contributed by atoms with Gasteiger partial charge in [-0.25, -0.2) is 0 Å². The van der Waals surface area contributed by atoms with Crippen molar-refractivity contribution < 1.29 is 14.3 Å². The quantitative estimate of drug-likeness (QED) is 0.541. The van der Waals surface area contributed by atoms with Gasteiger partial charge >= 0.3 is 0 Å². The Bertz CT molecular complexity index is 1020. The van der Waals surface area contributed by atoms with Crippen molar-refractivity contribution in [3.8, 4) is 5.75 Å². The summed E-state index contributed by atoms with van der Waals surface area (Å²) in [6, 6.07) is 24.3. The van der Waals surface area contributed by atoms with Crippen molar-refractivity contribution in [3.63, 3.8) is 0 Å². The number of benzene rings is 3. The standard InChI is InChI=1S/C25H27N3O3/c1-3-31-23-14-8-13-22(16-23)27-24(29)17-26-21-12-7-11-20(15-21)25(30)28(2)18-19-9-5-4-6-10-19/h4-16,26H,3,17-18H2,1-2H3,(H,27,29). The molecule has 6 nitrogen and oxygen atoms in total. The van der Waals surface area contributed by atoms with Gasteiger partial charge in [0.25, 0.3) is 5.91 Å². The molecule has 0 bridgehead atoms. The number of carbonyl (C=O) groups excluding carboxylic acids is 2. The van der Waals surface area contributed by atoms with Gasteiger partial charge in [-0.05, 0) is 42.8 Å². The van der Waals surface area contributed by atoms with Crippen LogP contribution >= 0.6 is 0 Å². The number of nitrogens with zero attached hydrogens (tertiary/aromatic N) is 1. The van der Waals surface area contributed by atoms with Crippen LogP contribution in [0.2, 0.25) is 0 Å². The molecule has 0 aromatic heterocycles. The molecule has 0 aliphatic heterocycles. The van der Waals surface area contributed by atoms with Gasteiger partial charge in [-0.3, -0.25) is 9.59 Å². The highest BCUT2D eigenvalue weighted by Crippen LogP contribution is 2.18. The first-order valence-electron chi connectivity index (χ1n) is 10.2. The van der Waals surface area contributed by atoms with Gasteiger partial charge in [-0.1, -0.05) is 42.5 Å². The van der Waals surface area contributed by atoms with Gasteiger partial charge in [0.2, 0.25) is 5.91 Å². The van der Waals surface area contributed by atoms with Crippen LogP contribution in [0.15, 0.2) is 78.9 Å². The maximum atomic E-state index is 12.8. The summed E-state index contributed by atoms with van der Waals surface area (Å²) < 4.78 is 5.45. The Balaban J connectivity index is 1.55. The predicted octanol–water partition coefficient (Wildman–Crippen LogP) is 4.41. The van der Waals surface area contributed by atoms with Gasteiger partial charge < -0.3 is 20.3 Å². The van der Waals surface area contributed by atoms with Crippen molar-refractivity contribution in [3.05, 3.63) is 90.0 Å². The van der Waals surface area contributed by atoms with Crippen LogP contribution < -0.4 is 15.4 Å². The number of hydrogen-bond donors (Lipinski definition) is 2. The first-order chi connectivity index (χ1) is 15.0. The minimum atomic E-state index is -0.188. The highest BCUT2D eigenvalue weighted by Gasteiger charge is 2.13. The molecule has 3 aromatic rings. The molecule has 0 radical (unpaired) electrons. The maximum Gasteiger partial charge on any atom is 0.253 e. The number of ether oxygens (including phenoxy) is 1. The van der Waals surface area contributed by atoms with Gasteiger partial charge in [0.15, 0.2) is 0 Å². The van der Waals surface area contributed by atoms with Crippen LogP contribution in [0.3, 0.4) is 0 Å². The summed E-state index contributed by atoms with van der Waals surface area (Å²) in [6.45, 7) is 3.08. The zero-order chi connectivity index (χ0) is 22.1. The summed E-state index contributed by atoms with van der Waals surface area (Å²) in [7, 11) is 1.78. The molecule has 160 valence electrons. The Morgan fingerprint density at radius 3 is 2.42 bits per heavy atom. The third kappa shape index (κ3) is 6.60. The predicted molar refractivity (Wildman–Crippen MR) is 123 cm³/mol. The maximum absolute atomic E-state index is 12.8. The number of carbonyl (C=O) groups is 2. The largest absolute Gasteiger partial charge is 0.494 e. The molecule has 0 heterocycles. The molecule has 6 heteroatoms. The van der Waals surface area contributed by atoms with Crippen molar-refractivity contribution in [1.82, 2.24) is 4.90 Å². The zero-order valence-electron chi connectivity index (χ0n) is 17.8. The molecule has 31 heavy (non-hydrogen) atoms. The van der Waals surface area contributed by atoms with E-state index in [2.05, 4.69) is 10.6 Å². The summed E-state index contributed by atoms with van der Waals surface area (Å²) >= 11 is 0. The molecule has 3 aromatic carbocycles. The van der Waals surface area contributed by atoms with Crippen molar-refractivity contribution in [1.29, 1.82) is 0 Å². The van der Waals surface area contributed by atoms with Gasteiger partial charge in [-0.15, -0.1) is 0 Å². The van der Waals surface area contributed by atoms with E-state index in [0.29, 0.717) is 35.8 Å². The monoisotopic (exact) mass is 417 g/mol. The highest BCUT2D eigenvalue weighted by molar-refractivity contribution is 5.96. The van der Waals surface area contributed by atoms with Crippen LogP contribution in [-0.2, 0) is 11.3 Å². The van der Waals surface area contributed by atoms with Gasteiger partial charge in [-0.2, -0.15) is 0 Å². The second kappa shape index (κ2) is 10.8. The van der Waals surface area contributed by atoms with Gasteiger partial charge in [0, 0.05) is 36.6 Å². The summed E-state index contributed by atoms with van der Waals surface area (Å²) in [6.07, 6.45) is 0. The van der Waals surface area contributed by atoms with Crippen LogP contribution in [0, 0.1) is 0 Å². The second-order valence-electron chi connectivity index (χ2n) is 7.09. The Hall–Kier alpha value is -3.80. The molecule has 0 atom stereocenters. The van der Waals surface area contributed by atoms with Crippen molar-refractivity contribution >= 4 is 23.2 Å². The molecular formula is C25H27N3O3. The number of anilines is 2. The van der Waals surface area contributed by atoms with E-state index in [-0.39, 0.29) is 18.4 Å². The van der Waals surface area contributed by atoms with Crippen LogP contribution in [0.25, 0.3) is 0 Å². The van der Waals surface area contributed by atoms with Crippen LogP contribution in [0.4, 0.5) is 11.4 Å². The van der Waals surface area contributed by atoms with Crippen molar-refractivity contribution in [2.45, 2.75) is 13.5 Å². The first-order valence-corrected chi connectivity index (χ1v) is 10.2. The molecule has 0 saturated carbocycles. The fourth-order valence-electron chi connectivity index (χ4n) is 3.13. The molecular weight excluding hydrogens is 390 g/mol. The number of amides is 2. The van der Waals surface area contributed by atoms with Crippen molar-refractivity contribution in [2.24, 2.45) is 0 Å². The normalized spacial score (nSPS) is 10.3. The summed E-state index contributed by atoms with van der Waals surface area (Å²) in [4.78, 5) is 26.7. The van der Waals surface area contributed by atoms with Crippen LogP contribution in [-0.4, -0.2) is 36.9 Å². The molecule has 0 aliphatic rings. The summed E-state index contributed by atoms with van der Waals surface area (Å²) in [5, 5.41) is 5.91. The van der Waals surface area contributed by atoms with E-state index in [0.717, 1.165) is 5.56 Å². The SMILES string of the molecule is CCOc1cccc(NC(=O)CNc2cccc(C(=O)N(C)Cc3ccccc3)c2)c1. The van der Waals surface area contributed by atoms with E-state index in [1.165, 1.54) is 0 Å². The number of nitrogens with one attached hydrogen (secondary N) is 2. The summed E-state index contributed by atoms with van der Waals surface area (Å²) in [5.74, 6) is 0.440. The lowest BCUT2D eigenvalue weighted by Gasteiger charge is -2.18. The topological polar surface area (TPSA) is 70.7 Å². The Morgan fingerprint density at radius 2 is 1.65 bits per heavy atom. The van der Waals surface area contributed by atoms with E-state index in [1.54, 1.807) is 36.2 Å². The third-order valence-electron chi connectivity index (χ3n) is 4.60. The molecule has 0 spiro atoms. The second-order valence-corrected chi connectivity index (χ2v) is 7.09. The van der Waals surface area contributed by atoms with E-state index in [4.69, 9.17) is 4.74 Å². The molecule has 2 N–H and O–H groups in total. The fourth-order valence-corrected chi connectivity index (χ4v) is 3.13. The number of hydrogen-bond acceptors (Lipinski definition) is 4. The van der Waals surface area contributed by atoms with E-state index >= 15 is 0 Å². The van der Waals surface area contributed by atoms with E-state index < -0.39 is 0 Å². The molecule has 2 amide bonds. The first kappa shape index (κ1) is 21.9. The average molecular weight is 418 g/mol. The highest BCUT2D eigenvalue weighted by atomic mass is 16.5. The minimum absolute atomic E-state index is 0.0790. The Labute approximate surface area is 182 Å². The fraction of sp³-hybridized carbons (Fsp3) is 0.200. The molecule has 0 aliphatic carbocycles. The molecule has 0 saturated heterocycles. The van der Waals surface area contributed by atoms with E-state index in [1.807, 2.05) is 61.5 Å². The smallest absolute Gasteiger partial charge is 0.253 e. The van der Waals surface area contributed by atoms with Crippen LogP contribution in [0.1, 0.15) is 22.8 Å². The Morgan fingerprint density at radius 1 is 0.903 bits per heavy atom. The number of rotatable bonds is 9. The molecule has 0 fully saturated rings. The minimum Gasteiger partial charge on any atom is -0.494 e. The third-order valence-corrected chi connectivity index (χ3v) is 4.60. The van der Waals surface area contributed by atoms with Gasteiger partial charge in [0.05, 0.1) is 13.2 Å². The lowest BCUT2D eigenvalue weighted by Crippen LogP contribution is -2.26. The zero-order valence-corrected chi connectivity index (χ0v) is 17.8. The molecule has 3 rings (SSSR count). The Kier molecular flexibility index (Phi) is 7.65. The van der Waals surface area contributed by atoms with Gasteiger partial charge in [0.1, 0.15) is 5.75 Å². The lowest BCUT2D eigenvalue weighted by molar-refractivity contribution is -0.114. The average Bonchev–Trinajstić information content (AvgIpc) is 2.78. The molecule has 0 unspecified atom stereocenters.